The Bertz CT molecular complexity index is 653. The van der Waals surface area contributed by atoms with E-state index in [1.165, 1.54) is 15.6 Å². The average Bonchev–Trinajstić information content (AvgIpc) is 2.95. The van der Waals surface area contributed by atoms with E-state index < -0.39 is 10.0 Å². The molecule has 0 saturated carbocycles. The van der Waals surface area contributed by atoms with E-state index in [4.69, 9.17) is 11.6 Å². The Labute approximate surface area is 128 Å². The molecule has 0 saturated heterocycles. The molecular weight excluding hydrogens is 314 g/mol. The lowest BCUT2D eigenvalue weighted by Crippen LogP contribution is -2.29. The summed E-state index contributed by atoms with van der Waals surface area (Å²) >= 11 is 7.16. The molecule has 6 heteroatoms. The number of likely N-dealkylation sites (N-methyl/N-ethyl adjacent to an activating group) is 1. The van der Waals surface area contributed by atoms with Crippen molar-refractivity contribution < 1.29 is 8.42 Å². The highest BCUT2D eigenvalue weighted by atomic mass is 35.5. The molecule has 20 heavy (non-hydrogen) atoms. The number of hydrogen-bond donors (Lipinski definition) is 0. The number of halogens is 1. The SMILES string of the molecule is CN(CCc1ccccc1)S(=O)(=O)c1ccsc1CCl. The highest BCUT2D eigenvalue weighted by Crippen LogP contribution is 2.26. The third-order valence-electron chi connectivity index (χ3n) is 3.07. The molecule has 1 aromatic heterocycles. The Balaban J connectivity index is 2.10. The Kier molecular flexibility index (Phi) is 5.21. The van der Waals surface area contributed by atoms with Gasteiger partial charge >= 0.3 is 0 Å². The maximum absolute atomic E-state index is 12.5. The zero-order valence-corrected chi connectivity index (χ0v) is 13.5. The summed E-state index contributed by atoms with van der Waals surface area (Å²) in [5.74, 6) is 0.221. The van der Waals surface area contributed by atoms with E-state index in [9.17, 15) is 8.42 Å². The first-order valence-electron chi connectivity index (χ1n) is 6.18. The van der Waals surface area contributed by atoms with Crippen LogP contribution in [0.4, 0.5) is 0 Å². The van der Waals surface area contributed by atoms with Crippen molar-refractivity contribution in [1.29, 1.82) is 0 Å². The van der Waals surface area contributed by atoms with Crippen molar-refractivity contribution in [2.45, 2.75) is 17.2 Å². The summed E-state index contributed by atoms with van der Waals surface area (Å²) < 4.78 is 26.3. The van der Waals surface area contributed by atoms with Gasteiger partial charge in [-0.25, -0.2) is 12.7 Å². The lowest BCUT2D eigenvalue weighted by molar-refractivity contribution is 0.472. The number of benzene rings is 1. The standard InChI is InChI=1S/C14H16ClNO2S2/c1-16(9-7-12-5-3-2-4-6-12)20(17,18)14-8-10-19-13(14)11-15/h2-6,8,10H,7,9,11H2,1H3. The van der Waals surface area contributed by atoms with Crippen LogP contribution in [0.15, 0.2) is 46.7 Å². The molecule has 0 atom stereocenters. The van der Waals surface area contributed by atoms with Gasteiger partial charge < -0.3 is 0 Å². The van der Waals surface area contributed by atoms with Crippen LogP contribution in [0.25, 0.3) is 0 Å². The van der Waals surface area contributed by atoms with Crippen molar-refractivity contribution in [3.05, 3.63) is 52.2 Å². The molecule has 0 unspecified atom stereocenters. The predicted octanol–water partition coefficient (Wildman–Crippen LogP) is 3.35. The minimum Gasteiger partial charge on any atom is -0.207 e. The summed E-state index contributed by atoms with van der Waals surface area (Å²) in [6.45, 7) is 0.448. The average molecular weight is 330 g/mol. The van der Waals surface area contributed by atoms with Crippen molar-refractivity contribution in [2.24, 2.45) is 0 Å². The lowest BCUT2D eigenvalue weighted by Gasteiger charge is -2.17. The molecule has 0 radical (unpaired) electrons. The van der Waals surface area contributed by atoms with E-state index >= 15 is 0 Å². The zero-order valence-electron chi connectivity index (χ0n) is 11.1. The maximum atomic E-state index is 12.5. The smallest absolute Gasteiger partial charge is 0.207 e. The molecule has 2 aromatic rings. The second kappa shape index (κ2) is 6.72. The van der Waals surface area contributed by atoms with Crippen LogP contribution in [0.3, 0.4) is 0 Å². The minimum absolute atomic E-state index is 0.221. The molecule has 1 heterocycles. The molecule has 0 amide bonds. The molecule has 2 rings (SSSR count). The first-order chi connectivity index (χ1) is 9.55. The van der Waals surface area contributed by atoms with Gasteiger partial charge in [0.2, 0.25) is 10.0 Å². The van der Waals surface area contributed by atoms with Gasteiger partial charge in [0.15, 0.2) is 0 Å². The molecule has 0 spiro atoms. The predicted molar refractivity (Wildman–Crippen MR) is 83.8 cm³/mol. The summed E-state index contributed by atoms with van der Waals surface area (Å²) in [5, 5.41) is 1.76. The van der Waals surface area contributed by atoms with Gasteiger partial charge in [-0.15, -0.1) is 22.9 Å². The maximum Gasteiger partial charge on any atom is 0.243 e. The summed E-state index contributed by atoms with van der Waals surface area (Å²) in [4.78, 5) is 1.02. The number of sulfonamides is 1. The van der Waals surface area contributed by atoms with Gasteiger partial charge in [-0.05, 0) is 23.4 Å². The molecule has 108 valence electrons. The molecule has 0 fully saturated rings. The van der Waals surface area contributed by atoms with E-state index in [1.807, 2.05) is 30.3 Å². The van der Waals surface area contributed by atoms with Gasteiger partial charge in [0.25, 0.3) is 0 Å². The summed E-state index contributed by atoms with van der Waals surface area (Å²) in [6.07, 6.45) is 0.691. The summed E-state index contributed by atoms with van der Waals surface area (Å²) in [6, 6.07) is 11.5. The first-order valence-corrected chi connectivity index (χ1v) is 9.03. The van der Waals surface area contributed by atoms with E-state index in [0.29, 0.717) is 22.7 Å². The van der Waals surface area contributed by atoms with Crippen LogP contribution < -0.4 is 0 Å². The van der Waals surface area contributed by atoms with Crippen LogP contribution in [0.2, 0.25) is 0 Å². The molecule has 3 nitrogen and oxygen atoms in total. The fraction of sp³-hybridized carbons (Fsp3) is 0.286. The van der Waals surface area contributed by atoms with Crippen LogP contribution >= 0.6 is 22.9 Å². The van der Waals surface area contributed by atoms with E-state index in [1.54, 1.807) is 18.5 Å². The molecule has 0 aliphatic rings. The highest BCUT2D eigenvalue weighted by molar-refractivity contribution is 7.89. The van der Waals surface area contributed by atoms with Crippen LogP contribution in [-0.2, 0) is 22.3 Å². The fourth-order valence-electron chi connectivity index (χ4n) is 1.88. The third kappa shape index (κ3) is 3.41. The van der Waals surface area contributed by atoms with Crippen molar-refractivity contribution in [1.82, 2.24) is 4.31 Å². The number of alkyl halides is 1. The number of nitrogens with zero attached hydrogens (tertiary/aromatic N) is 1. The lowest BCUT2D eigenvalue weighted by atomic mass is 10.2. The van der Waals surface area contributed by atoms with Gasteiger partial charge in [0, 0.05) is 18.5 Å². The summed E-state index contributed by atoms with van der Waals surface area (Å²) in [5.41, 5.74) is 1.12. The van der Waals surface area contributed by atoms with Gasteiger partial charge in [0.05, 0.1) is 10.8 Å². The molecule has 1 aromatic carbocycles. The van der Waals surface area contributed by atoms with Crippen molar-refractivity contribution in [3.8, 4) is 0 Å². The second-order valence-corrected chi connectivity index (χ2v) is 7.69. The Morgan fingerprint density at radius 2 is 1.90 bits per heavy atom. The second-order valence-electron chi connectivity index (χ2n) is 4.40. The molecule has 0 N–H and O–H groups in total. The third-order valence-corrected chi connectivity index (χ3v) is 6.49. The summed E-state index contributed by atoms with van der Waals surface area (Å²) in [7, 11) is -1.84. The van der Waals surface area contributed by atoms with Gasteiger partial charge in [-0.3, -0.25) is 0 Å². The van der Waals surface area contributed by atoms with Crippen LogP contribution in [-0.4, -0.2) is 26.3 Å². The monoisotopic (exact) mass is 329 g/mol. The topological polar surface area (TPSA) is 37.4 Å². The first kappa shape index (κ1) is 15.5. The van der Waals surface area contributed by atoms with Crippen molar-refractivity contribution in [2.75, 3.05) is 13.6 Å². The Morgan fingerprint density at radius 3 is 2.55 bits per heavy atom. The Morgan fingerprint density at radius 1 is 1.20 bits per heavy atom. The van der Waals surface area contributed by atoms with Gasteiger partial charge in [-0.2, -0.15) is 0 Å². The number of hydrogen-bond acceptors (Lipinski definition) is 3. The van der Waals surface area contributed by atoms with Gasteiger partial charge in [-0.1, -0.05) is 30.3 Å². The van der Waals surface area contributed by atoms with Crippen LogP contribution in [0, 0.1) is 0 Å². The number of rotatable bonds is 6. The molecular formula is C14H16ClNO2S2. The van der Waals surface area contributed by atoms with E-state index in [0.717, 1.165) is 5.56 Å². The minimum atomic E-state index is -3.45. The van der Waals surface area contributed by atoms with Gasteiger partial charge in [0.1, 0.15) is 0 Å². The molecule has 0 aliphatic carbocycles. The fourth-order valence-corrected chi connectivity index (χ4v) is 4.72. The largest absolute Gasteiger partial charge is 0.243 e. The van der Waals surface area contributed by atoms with Crippen molar-refractivity contribution >= 4 is 33.0 Å². The van der Waals surface area contributed by atoms with Crippen molar-refractivity contribution in [3.63, 3.8) is 0 Å². The Hall–Kier alpha value is -0.880. The van der Waals surface area contributed by atoms with E-state index in [-0.39, 0.29) is 5.88 Å². The normalized spacial score (nSPS) is 11.9. The highest BCUT2D eigenvalue weighted by Gasteiger charge is 2.24. The van der Waals surface area contributed by atoms with Crippen LogP contribution in [0.5, 0.6) is 0 Å². The van der Waals surface area contributed by atoms with E-state index in [2.05, 4.69) is 0 Å². The zero-order chi connectivity index (χ0) is 14.6. The molecule has 0 aliphatic heterocycles. The number of thiophene rings is 1. The van der Waals surface area contributed by atoms with Crippen LogP contribution in [0.1, 0.15) is 10.4 Å². The molecule has 0 bridgehead atoms. The quantitative estimate of drug-likeness (QED) is 0.762.